The SMILES string of the molecule is CC(N)C1CCN(c2n[nH]c(-c3ncccc3Br)n2)CC1. The lowest BCUT2D eigenvalue weighted by Crippen LogP contribution is -2.40. The number of nitrogens with zero attached hydrogens (tertiary/aromatic N) is 4. The molecule has 1 atom stereocenters. The van der Waals surface area contributed by atoms with E-state index in [9.17, 15) is 0 Å². The van der Waals surface area contributed by atoms with Crippen molar-refractivity contribution in [3.63, 3.8) is 0 Å². The molecule has 6 nitrogen and oxygen atoms in total. The summed E-state index contributed by atoms with van der Waals surface area (Å²) in [6.07, 6.45) is 3.93. The molecule has 0 aliphatic carbocycles. The molecule has 2 aromatic rings. The summed E-state index contributed by atoms with van der Waals surface area (Å²) >= 11 is 3.48. The highest BCUT2D eigenvalue weighted by atomic mass is 79.9. The van der Waals surface area contributed by atoms with E-state index in [0.29, 0.717) is 11.7 Å². The molecule has 21 heavy (non-hydrogen) atoms. The molecule has 112 valence electrons. The van der Waals surface area contributed by atoms with Gasteiger partial charge in [0.25, 0.3) is 0 Å². The van der Waals surface area contributed by atoms with Crippen LogP contribution in [0.1, 0.15) is 19.8 Å². The lowest BCUT2D eigenvalue weighted by molar-refractivity contribution is 0.352. The Morgan fingerprint density at radius 2 is 2.19 bits per heavy atom. The number of aromatic nitrogens is 4. The zero-order valence-corrected chi connectivity index (χ0v) is 13.5. The standard InChI is InChI=1S/C14H19BrN6/c1-9(16)10-4-7-21(8-5-10)14-18-13(19-20-14)12-11(15)3-2-6-17-12/h2-3,6,9-10H,4-5,7-8,16H2,1H3,(H,18,19,20). The van der Waals surface area contributed by atoms with Gasteiger partial charge >= 0.3 is 0 Å². The topological polar surface area (TPSA) is 83.7 Å². The second-order valence-electron chi connectivity index (χ2n) is 5.50. The Kier molecular flexibility index (Phi) is 4.21. The molecule has 0 radical (unpaired) electrons. The molecule has 0 aromatic carbocycles. The van der Waals surface area contributed by atoms with Crippen LogP contribution in [-0.4, -0.2) is 39.3 Å². The quantitative estimate of drug-likeness (QED) is 0.886. The molecule has 1 aliphatic heterocycles. The number of piperidine rings is 1. The Bertz CT molecular complexity index is 603. The molecule has 2 aromatic heterocycles. The van der Waals surface area contributed by atoms with E-state index in [2.05, 4.69) is 47.9 Å². The second kappa shape index (κ2) is 6.11. The lowest BCUT2D eigenvalue weighted by Gasteiger charge is -2.32. The predicted octanol–water partition coefficient (Wildman–Crippen LogP) is 2.19. The summed E-state index contributed by atoms with van der Waals surface area (Å²) in [6, 6.07) is 4.08. The van der Waals surface area contributed by atoms with Crippen LogP contribution in [0.15, 0.2) is 22.8 Å². The van der Waals surface area contributed by atoms with Crippen LogP contribution in [-0.2, 0) is 0 Å². The van der Waals surface area contributed by atoms with Crippen molar-refractivity contribution < 1.29 is 0 Å². The third kappa shape index (κ3) is 3.08. The average molecular weight is 351 g/mol. The molecule has 0 saturated carbocycles. The van der Waals surface area contributed by atoms with Crippen molar-refractivity contribution in [2.75, 3.05) is 18.0 Å². The molecule has 1 saturated heterocycles. The number of rotatable bonds is 3. The van der Waals surface area contributed by atoms with Crippen molar-refractivity contribution in [3.05, 3.63) is 22.8 Å². The smallest absolute Gasteiger partial charge is 0.245 e. The molecule has 7 heteroatoms. The fourth-order valence-electron chi connectivity index (χ4n) is 2.69. The van der Waals surface area contributed by atoms with E-state index < -0.39 is 0 Å². The zero-order chi connectivity index (χ0) is 14.8. The minimum Gasteiger partial charge on any atom is -0.340 e. The van der Waals surface area contributed by atoms with E-state index in [1.165, 1.54) is 0 Å². The van der Waals surface area contributed by atoms with Gasteiger partial charge in [0.2, 0.25) is 5.95 Å². The van der Waals surface area contributed by atoms with Crippen molar-refractivity contribution in [1.82, 2.24) is 20.2 Å². The van der Waals surface area contributed by atoms with E-state index in [1.54, 1.807) is 6.20 Å². The van der Waals surface area contributed by atoms with Crippen LogP contribution < -0.4 is 10.6 Å². The summed E-state index contributed by atoms with van der Waals surface area (Å²) in [5, 5.41) is 7.30. The Balaban J connectivity index is 1.73. The molecular weight excluding hydrogens is 332 g/mol. The van der Waals surface area contributed by atoms with Gasteiger partial charge in [0.15, 0.2) is 5.82 Å². The minimum atomic E-state index is 0.263. The number of aromatic amines is 1. The van der Waals surface area contributed by atoms with Crippen LogP contribution in [0, 0.1) is 5.92 Å². The molecular formula is C14H19BrN6. The highest BCUT2D eigenvalue weighted by molar-refractivity contribution is 9.10. The number of hydrogen-bond acceptors (Lipinski definition) is 5. The van der Waals surface area contributed by atoms with E-state index in [4.69, 9.17) is 5.73 Å². The van der Waals surface area contributed by atoms with Crippen molar-refractivity contribution in [3.8, 4) is 11.5 Å². The monoisotopic (exact) mass is 350 g/mol. The van der Waals surface area contributed by atoms with Gasteiger partial charge in [0.1, 0.15) is 5.69 Å². The van der Waals surface area contributed by atoms with E-state index >= 15 is 0 Å². The number of anilines is 1. The van der Waals surface area contributed by atoms with Gasteiger partial charge in [-0.15, -0.1) is 5.10 Å². The maximum absolute atomic E-state index is 5.98. The summed E-state index contributed by atoms with van der Waals surface area (Å²) in [5.74, 6) is 2.03. The van der Waals surface area contributed by atoms with Gasteiger partial charge in [-0.1, -0.05) is 0 Å². The van der Waals surface area contributed by atoms with E-state index in [0.717, 1.165) is 42.0 Å². The maximum Gasteiger partial charge on any atom is 0.245 e. The predicted molar refractivity (Wildman–Crippen MR) is 85.9 cm³/mol. The molecule has 3 rings (SSSR count). The minimum absolute atomic E-state index is 0.263. The molecule has 1 aliphatic rings. The largest absolute Gasteiger partial charge is 0.340 e. The fourth-order valence-corrected chi connectivity index (χ4v) is 3.13. The van der Waals surface area contributed by atoms with Crippen LogP contribution in [0.25, 0.3) is 11.5 Å². The van der Waals surface area contributed by atoms with Crippen molar-refractivity contribution in [2.24, 2.45) is 11.7 Å². The Morgan fingerprint density at radius 1 is 1.43 bits per heavy atom. The highest BCUT2D eigenvalue weighted by Gasteiger charge is 2.24. The van der Waals surface area contributed by atoms with Crippen molar-refractivity contribution >= 4 is 21.9 Å². The normalized spacial score (nSPS) is 18.0. The Labute approximate surface area is 132 Å². The first-order chi connectivity index (χ1) is 10.1. The summed E-state index contributed by atoms with van der Waals surface area (Å²) in [4.78, 5) is 11.1. The van der Waals surface area contributed by atoms with Crippen LogP contribution in [0.5, 0.6) is 0 Å². The molecule has 1 unspecified atom stereocenters. The van der Waals surface area contributed by atoms with Crippen molar-refractivity contribution in [2.45, 2.75) is 25.8 Å². The van der Waals surface area contributed by atoms with Gasteiger partial charge in [-0.3, -0.25) is 10.1 Å². The summed E-state index contributed by atoms with van der Waals surface area (Å²) in [5.41, 5.74) is 6.76. The van der Waals surface area contributed by atoms with Gasteiger partial charge in [-0.25, -0.2) is 0 Å². The fraction of sp³-hybridized carbons (Fsp3) is 0.500. The third-order valence-electron chi connectivity index (χ3n) is 4.02. The van der Waals surface area contributed by atoms with Crippen LogP contribution in [0.3, 0.4) is 0 Å². The second-order valence-corrected chi connectivity index (χ2v) is 6.36. The molecule has 0 spiro atoms. The van der Waals surface area contributed by atoms with Gasteiger partial charge in [0.05, 0.1) is 0 Å². The summed E-state index contributed by atoms with van der Waals surface area (Å²) in [6.45, 7) is 3.99. The number of halogens is 1. The average Bonchev–Trinajstić information content (AvgIpc) is 2.97. The highest BCUT2D eigenvalue weighted by Crippen LogP contribution is 2.26. The van der Waals surface area contributed by atoms with E-state index in [1.807, 2.05) is 12.1 Å². The zero-order valence-electron chi connectivity index (χ0n) is 12.0. The number of nitrogens with one attached hydrogen (secondary N) is 1. The van der Waals surface area contributed by atoms with Gasteiger partial charge in [-0.05, 0) is 53.7 Å². The van der Waals surface area contributed by atoms with Crippen LogP contribution in [0.4, 0.5) is 5.95 Å². The lowest BCUT2D eigenvalue weighted by atomic mass is 9.91. The first-order valence-electron chi connectivity index (χ1n) is 7.19. The Morgan fingerprint density at radius 3 is 2.86 bits per heavy atom. The van der Waals surface area contributed by atoms with Crippen molar-refractivity contribution in [1.29, 1.82) is 0 Å². The third-order valence-corrected chi connectivity index (χ3v) is 4.66. The van der Waals surface area contributed by atoms with Crippen LogP contribution in [0.2, 0.25) is 0 Å². The number of nitrogens with two attached hydrogens (primary N) is 1. The molecule has 1 fully saturated rings. The van der Waals surface area contributed by atoms with E-state index in [-0.39, 0.29) is 6.04 Å². The molecule has 3 heterocycles. The van der Waals surface area contributed by atoms with Gasteiger partial charge in [0, 0.05) is 29.8 Å². The molecule has 0 amide bonds. The first-order valence-corrected chi connectivity index (χ1v) is 7.98. The summed E-state index contributed by atoms with van der Waals surface area (Å²) < 4.78 is 0.906. The number of H-pyrrole nitrogens is 1. The summed E-state index contributed by atoms with van der Waals surface area (Å²) in [7, 11) is 0. The molecule has 3 N–H and O–H groups in total. The number of pyridine rings is 1. The Hall–Kier alpha value is -1.47. The maximum atomic E-state index is 5.98. The number of hydrogen-bond donors (Lipinski definition) is 2. The van der Waals surface area contributed by atoms with Gasteiger partial charge < -0.3 is 10.6 Å². The first kappa shape index (κ1) is 14.5. The molecule has 0 bridgehead atoms. The van der Waals surface area contributed by atoms with Gasteiger partial charge in [-0.2, -0.15) is 4.98 Å². The van der Waals surface area contributed by atoms with Crippen LogP contribution >= 0.6 is 15.9 Å².